The van der Waals surface area contributed by atoms with Gasteiger partial charge in [0.15, 0.2) is 0 Å². The van der Waals surface area contributed by atoms with E-state index in [1.54, 1.807) is 0 Å². The van der Waals surface area contributed by atoms with Crippen molar-refractivity contribution in [1.29, 1.82) is 0 Å². The number of imidazole rings is 1. The third-order valence-corrected chi connectivity index (χ3v) is 2.84. The Bertz CT molecular complexity index is 299. The summed E-state index contributed by atoms with van der Waals surface area (Å²) in [5.74, 6) is 1.14. The van der Waals surface area contributed by atoms with E-state index < -0.39 is 0 Å². The van der Waals surface area contributed by atoms with E-state index in [-0.39, 0.29) is 0 Å². The molecule has 0 spiro atoms. The fraction of sp³-hybridized carbons (Fsp3) is 0.769. The maximum atomic E-state index is 5.38. The van der Waals surface area contributed by atoms with Crippen LogP contribution in [0.2, 0.25) is 0 Å². The van der Waals surface area contributed by atoms with Gasteiger partial charge in [-0.05, 0) is 33.2 Å². The van der Waals surface area contributed by atoms with Crippen molar-refractivity contribution in [3.63, 3.8) is 0 Å². The van der Waals surface area contributed by atoms with Crippen LogP contribution in [0.25, 0.3) is 0 Å². The lowest BCUT2D eigenvalue weighted by Crippen LogP contribution is -2.24. The van der Waals surface area contributed by atoms with Crippen LogP contribution in [0.1, 0.15) is 45.5 Å². The molecule has 1 atom stereocenters. The molecule has 0 bridgehead atoms. The number of rotatable bonds is 9. The molecule has 0 aliphatic rings. The Kier molecular flexibility index (Phi) is 6.89. The van der Waals surface area contributed by atoms with Crippen molar-refractivity contribution >= 4 is 0 Å². The first-order valence-electron chi connectivity index (χ1n) is 6.65. The Balaban J connectivity index is 2.52. The maximum Gasteiger partial charge on any atom is 0.125 e. The maximum absolute atomic E-state index is 5.38. The number of aryl methyl sites for hydroxylation is 1. The highest BCUT2D eigenvalue weighted by Gasteiger charge is 2.14. The Morgan fingerprint density at radius 3 is 2.88 bits per heavy atom. The molecule has 0 saturated heterocycles. The Hall–Kier alpha value is -0.870. The van der Waals surface area contributed by atoms with E-state index in [9.17, 15) is 0 Å². The number of hydrogen-bond acceptors (Lipinski definition) is 3. The smallest absolute Gasteiger partial charge is 0.125 e. The molecular formula is C13H25N3O. The minimum absolute atomic E-state index is 0.343. The van der Waals surface area contributed by atoms with E-state index >= 15 is 0 Å². The van der Waals surface area contributed by atoms with Crippen LogP contribution in [-0.2, 0) is 11.3 Å². The molecule has 1 heterocycles. The van der Waals surface area contributed by atoms with E-state index in [1.807, 2.05) is 19.3 Å². The number of hydrogen-bond donors (Lipinski definition) is 1. The minimum atomic E-state index is 0.343. The van der Waals surface area contributed by atoms with Crippen LogP contribution in [0.15, 0.2) is 12.4 Å². The molecule has 4 heteroatoms. The third kappa shape index (κ3) is 4.48. The van der Waals surface area contributed by atoms with Gasteiger partial charge >= 0.3 is 0 Å². The lowest BCUT2D eigenvalue weighted by atomic mass is 10.1. The standard InChI is InChI=1S/C13H25N3O/c1-4-14-12(8-7-11-17-6-3)13-15-9-10-16(13)5-2/h9-10,12,14H,4-8,11H2,1-3H3. The lowest BCUT2D eigenvalue weighted by molar-refractivity contribution is 0.140. The fourth-order valence-electron chi connectivity index (χ4n) is 2.00. The van der Waals surface area contributed by atoms with E-state index in [1.165, 1.54) is 0 Å². The van der Waals surface area contributed by atoms with E-state index in [2.05, 4.69) is 28.7 Å². The van der Waals surface area contributed by atoms with Crippen LogP contribution < -0.4 is 5.32 Å². The van der Waals surface area contributed by atoms with Gasteiger partial charge < -0.3 is 14.6 Å². The summed E-state index contributed by atoms with van der Waals surface area (Å²) in [7, 11) is 0. The van der Waals surface area contributed by atoms with Crippen molar-refractivity contribution in [2.45, 2.75) is 46.2 Å². The highest BCUT2D eigenvalue weighted by atomic mass is 16.5. The van der Waals surface area contributed by atoms with Gasteiger partial charge in [-0.2, -0.15) is 0 Å². The van der Waals surface area contributed by atoms with Gasteiger partial charge in [0.1, 0.15) is 5.82 Å². The second-order valence-electron chi connectivity index (χ2n) is 4.02. The zero-order valence-corrected chi connectivity index (χ0v) is 11.3. The molecule has 98 valence electrons. The number of ether oxygens (including phenoxy) is 1. The van der Waals surface area contributed by atoms with Crippen molar-refractivity contribution in [2.24, 2.45) is 0 Å². The van der Waals surface area contributed by atoms with Crippen molar-refractivity contribution in [2.75, 3.05) is 19.8 Å². The molecule has 1 aromatic rings. The second-order valence-corrected chi connectivity index (χ2v) is 4.02. The molecule has 1 rings (SSSR count). The van der Waals surface area contributed by atoms with Crippen LogP contribution in [0.4, 0.5) is 0 Å². The molecule has 0 saturated carbocycles. The van der Waals surface area contributed by atoms with Gasteiger partial charge in [0.2, 0.25) is 0 Å². The first-order valence-corrected chi connectivity index (χ1v) is 6.65. The summed E-state index contributed by atoms with van der Waals surface area (Å²) in [6.45, 7) is 9.90. The Morgan fingerprint density at radius 1 is 1.41 bits per heavy atom. The van der Waals surface area contributed by atoms with Gasteiger partial charge in [0.25, 0.3) is 0 Å². The molecule has 0 aromatic carbocycles. The lowest BCUT2D eigenvalue weighted by Gasteiger charge is -2.18. The number of nitrogens with one attached hydrogen (secondary N) is 1. The summed E-state index contributed by atoms with van der Waals surface area (Å²) >= 11 is 0. The summed E-state index contributed by atoms with van der Waals surface area (Å²) in [5, 5.41) is 3.50. The molecule has 0 aliphatic carbocycles. The molecule has 0 aliphatic heterocycles. The summed E-state index contributed by atoms with van der Waals surface area (Å²) in [6, 6.07) is 0.343. The molecule has 4 nitrogen and oxygen atoms in total. The summed E-state index contributed by atoms with van der Waals surface area (Å²) in [6.07, 6.45) is 6.07. The van der Waals surface area contributed by atoms with Gasteiger partial charge in [-0.1, -0.05) is 6.92 Å². The monoisotopic (exact) mass is 239 g/mol. The van der Waals surface area contributed by atoms with E-state index in [0.29, 0.717) is 6.04 Å². The molecule has 17 heavy (non-hydrogen) atoms. The topological polar surface area (TPSA) is 39.1 Å². The first kappa shape index (κ1) is 14.2. The van der Waals surface area contributed by atoms with Crippen LogP contribution in [-0.4, -0.2) is 29.3 Å². The SMILES string of the molecule is CCNC(CCCOCC)c1nccn1CC. The first-order chi connectivity index (χ1) is 8.33. The third-order valence-electron chi connectivity index (χ3n) is 2.84. The van der Waals surface area contributed by atoms with Crippen LogP contribution in [0.5, 0.6) is 0 Å². The average Bonchev–Trinajstić information content (AvgIpc) is 2.81. The zero-order valence-electron chi connectivity index (χ0n) is 11.3. The largest absolute Gasteiger partial charge is 0.382 e. The molecule has 1 aromatic heterocycles. The normalized spacial score (nSPS) is 12.9. The zero-order chi connectivity index (χ0) is 12.5. The molecule has 0 fully saturated rings. The number of aromatic nitrogens is 2. The summed E-state index contributed by atoms with van der Waals surface area (Å²) in [5.41, 5.74) is 0. The quantitative estimate of drug-likeness (QED) is 0.672. The number of nitrogens with zero attached hydrogens (tertiary/aromatic N) is 2. The van der Waals surface area contributed by atoms with Gasteiger partial charge in [-0.3, -0.25) is 0 Å². The molecule has 1 N–H and O–H groups in total. The van der Waals surface area contributed by atoms with Gasteiger partial charge in [-0.25, -0.2) is 4.98 Å². The average molecular weight is 239 g/mol. The summed E-state index contributed by atoms with van der Waals surface area (Å²) in [4.78, 5) is 4.46. The minimum Gasteiger partial charge on any atom is -0.382 e. The van der Waals surface area contributed by atoms with Crippen LogP contribution in [0, 0.1) is 0 Å². The van der Waals surface area contributed by atoms with Crippen LogP contribution in [0.3, 0.4) is 0 Å². The highest BCUT2D eigenvalue weighted by molar-refractivity contribution is 4.99. The van der Waals surface area contributed by atoms with Gasteiger partial charge in [0.05, 0.1) is 6.04 Å². The van der Waals surface area contributed by atoms with Crippen molar-refractivity contribution in [3.8, 4) is 0 Å². The van der Waals surface area contributed by atoms with Gasteiger partial charge in [-0.15, -0.1) is 0 Å². The molecule has 0 amide bonds. The highest BCUT2D eigenvalue weighted by Crippen LogP contribution is 2.16. The Labute approximate surface area is 104 Å². The predicted molar refractivity (Wildman–Crippen MR) is 70.0 cm³/mol. The Morgan fingerprint density at radius 2 is 2.24 bits per heavy atom. The fourth-order valence-corrected chi connectivity index (χ4v) is 2.00. The van der Waals surface area contributed by atoms with Gasteiger partial charge in [0, 0.05) is 32.2 Å². The molecule has 0 radical (unpaired) electrons. The van der Waals surface area contributed by atoms with E-state index in [4.69, 9.17) is 4.74 Å². The summed E-state index contributed by atoms with van der Waals surface area (Å²) < 4.78 is 7.58. The van der Waals surface area contributed by atoms with Crippen molar-refractivity contribution in [3.05, 3.63) is 18.2 Å². The predicted octanol–water partition coefficient (Wildman–Crippen LogP) is 2.37. The van der Waals surface area contributed by atoms with Crippen molar-refractivity contribution < 1.29 is 4.74 Å². The molecular weight excluding hydrogens is 214 g/mol. The van der Waals surface area contributed by atoms with E-state index in [0.717, 1.165) is 45.0 Å². The van der Waals surface area contributed by atoms with Crippen molar-refractivity contribution in [1.82, 2.24) is 14.9 Å². The second kappa shape index (κ2) is 8.25. The van der Waals surface area contributed by atoms with Crippen LogP contribution >= 0.6 is 0 Å². The molecule has 1 unspecified atom stereocenters.